The van der Waals surface area contributed by atoms with E-state index in [1.54, 1.807) is 0 Å². The molecule has 1 aromatic heterocycles. The van der Waals surface area contributed by atoms with Crippen LogP contribution in [0.2, 0.25) is 0 Å². The number of aromatic nitrogens is 2. The van der Waals surface area contributed by atoms with Crippen molar-refractivity contribution in [1.82, 2.24) is 9.97 Å². The zero-order valence-corrected chi connectivity index (χ0v) is 11.1. The average molecular weight is 235 g/mol. The molecule has 0 radical (unpaired) electrons. The van der Waals surface area contributed by atoms with E-state index in [2.05, 4.69) is 36.1 Å². The van der Waals surface area contributed by atoms with Crippen LogP contribution in [0, 0.1) is 6.92 Å². The summed E-state index contributed by atoms with van der Waals surface area (Å²) in [6, 6.07) is 2.03. The minimum absolute atomic E-state index is 0.0220. The maximum Gasteiger partial charge on any atom is 0.130 e. The Morgan fingerprint density at radius 1 is 1.53 bits per heavy atom. The summed E-state index contributed by atoms with van der Waals surface area (Å²) in [4.78, 5) is 8.83. The van der Waals surface area contributed by atoms with Gasteiger partial charge in [-0.3, -0.25) is 0 Å². The predicted molar refractivity (Wildman–Crippen MR) is 68.2 cm³/mol. The fourth-order valence-electron chi connectivity index (χ4n) is 2.17. The number of anilines is 1. The van der Waals surface area contributed by atoms with Crippen LogP contribution in [-0.2, 0) is 11.2 Å². The summed E-state index contributed by atoms with van der Waals surface area (Å²) in [6.07, 6.45) is 2.15. The predicted octanol–water partition coefficient (Wildman–Crippen LogP) is 2.33. The fourth-order valence-corrected chi connectivity index (χ4v) is 2.17. The molecule has 94 valence electrons. The zero-order chi connectivity index (χ0) is 12.5. The molecule has 4 nitrogen and oxygen atoms in total. The number of aryl methyl sites for hydroxylation is 2. The van der Waals surface area contributed by atoms with Gasteiger partial charge < -0.3 is 10.1 Å². The van der Waals surface area contributed by atoms with Gasteiger partial charge in [-0.25, -0.2) is 9.97 Å². The van der Waals surface area contributed by atoms with E-state index in [1.165, 1.54) is 0 Å². The third-order valence-electron chi connectivity index (χ3n) is 3.55. The maximum absolute atomic E-state index is 5.62. The van der Waals surface area contributed by atoms with Gasteiger partial charge >= 0.3 is 0 Å². The van der Waals surface area contributed by atoms with Gasteiger partial charge in [0.2, 0.25) is 0 Å². The maximum atomic E-state index is 5.62. The number of hydrogen-bond acceptors (Lipinski definition) is 4. The molecule has 4 heteroatoms. The molecule has 1 fully saturated rings. The lowest BCUT2D eigenvalue weighted by molar-refractivity contribution is 0.105. The number of nitrogens with one attached hydrogen (secondary N) is 1. The molecule has 2 atom stereocenters. The Bertz CT molecular complexity index is 408. The molecule has 0 saturated carbocycles. The van der Waals surface area contributed by atoms with Gasteiger partial charge in [-0.2, -0.15) is 0 Å². The van der Waals surface area contributed by atoms with Crippen LogP contribution in [-0.4, -0.2) is 28.2 Å². The molecule has 1 aromatic rings. The minimum atomic E-state index is -0.0220. The van der Waals surface area contributed by atoms with E-state index >= 15 is 0 Å². The highest BCUT2D eigenvalue weighted by Gasteiger charge is 2.37. The molecular weight excluding hydrogens is 214 g/mol. The van der Waals surface area contributed by atoms with E-state index in [-0.39, 0.29) is 11.6 Å². The minimum Gasteiger partial charge on any atom is -0.376 e. The first-order valence-electron chi connectivity index (χ1n) is 6.28. The van der Waals surface area contributed by atoms with E-state index < -0.39 is 0 Å². The molecule has 2 unspecified atom stereocenters. The van der Waals surface area contributed by atoms with Crippen molar-refractivity contribution in [3.63, 3.8) is 0 Å². The number of ether oxygens (including phenoxy) is 1. The SMILES string of the molecule is CCc1cc(NC2(C)CCOC2C)nc(C)n1. The van der Waals surface area contributed by atoms with Crippen molar-refractivity contribution >= 4 is 5.82 Å². The lowest BCUT2D eigenvalue weighted by atomic mass is 9.95. The van der Waals surface area contributed by atoms with E-state index in [0.29, 0.717) is 0 Å². The molecule has 1 saturated heterocycles. The van der Waals surface area contributed by atoms with Crippen molar-refractivity contribution in [2.45, 2.75) is 52.2 Å². The van der Waals surface area contributed by atoms with Crippen LogP contribution in [0.25, 0.3) is 0 Å². The highest BCUT2D eigenvalue weighted by Crippen LogP contribution is 2.28. The van der Waals surface area contributed by atoms with Crippen LogP contribution in [0.5, 0.6) is 0 Å². The second kappa shape index (κ2) is 4.61. The van der Waals surface area contributed by atoms with E-state index in [1.807, 2.05) is 13.0 Å². The summed E-state index contributed by atoms with van der Waals surface area (Å²) in [7, 11) is 0. The van der Waals surface area contributed by atoms with Gasteiger partial charge in [-0.15, -0.1) is 0 Å². The molecule has 0 aliphatic carbocycles. The third-order valence-corrected chi connectivity index (χ3v) is 3.55. The molecule has 0 bridgehead atoms. The van der Waals surface area contributed by atoms with Gasteiger partial charge in [0.25, 0.3) is 0 Å². The van der Waals surface area contributed by atoms with Gasteiger partial charge in [-0.05, 0) is 33.6 Å². The molecule has 2 rings (SSSR count). The standard InChI is InChI=1S/C13H21N3O/c1-5-11-8-12(15-10(3)14-11)16-13(4)6-7-17-9(13)2/h8-9H,5-7H2,1-4H3,(H,14,15,16). The van der Waals surface area contributed by atoms with Gasteiger partial charge in [-0.1, -0.05) is 6.92 Å². The summed E-state index contributed by atoms with van der Waals surface area (Å²) >= 11 is 0. The Kier molecular flexibility index (Phi) is 3.33. The van der Waals surface area contributed by atoms with Gasteiger partial charge in [0.05, 0.1) is 11.6 Å². The van der Waals surface area contributed by atoms with Crippen LogP contribution in [0.15, 0.2) is 6.07 Å². The zero-order valence-electron chi connectivity index (χ0n) is 11.1. The van der Waals surface area contributed by atoms with E-state index in [4.69, 9.17) is 4.74 Å². The van der Waals surface area contributed by atoms with Crippen molar-refractivity contribution in [3.05, 3.63) is 17.6 Å². The summed E-state index contributed by atoms with van der Waals surface area (Å²) in [5.41, 5.74) is 1.06. The number of nitrogens with zero attached hydrogens (tertiary/aromatic N) is 2. The highest BCUT2D eigenvalue weighted by atomic mass is 16.5. The summed E-state index contributed by atoms with van der Waals surface area (Å²) in [5, 5.41) is 3.51. The fraction of sp³-hybridized carbons (Fsp3) is 0.692. The smallest absolute Gasteiger partial charge is 0.130 e. The quantitative estimate of drug-likeness (QED) is 0.873. The van der Waals surface area contributed by atoms with Crippen LogP contribution < -0.4 is 5.32 Å². The van der Waals surface area contributed by atoms with Gasteiger partial charge in [0, 0.05) is 18.4 Å². The third kappa shape index (κ3) is 2.57. The van der Waals surface area contributed by atoms with Crippen LogP contribution in [0.3, 0.4) is 0 Å². The molecule has 0 amide bonds. The van der Waals surface area contributed by atoms with Crippen molar-refractivity contribution in [3.8, 4) is 0 Å². The molecule has 17 heavy (non-hydrogen) atoms. The van der Waals surface area contributed by atoms with Crippen LogP contribution in [0.1, 0.15) is 38.7 Å². The van der Waals surface area contributed by atoms with Crippen LogP contribution >= 0.6 is 0 Å². The summed E-state index contributed by atoms with van der Waals surface area (Å²) in [6.45, 7) is 9.15. The Morgan fingerprint density at radius 3 is 2.88 bits per heavy atom. The summed E-state index contributed by atoms with van der Waals surface area (Å²) in [5.74, 6) is 1.73. The highest BCUT2D eigenvalue weighted by molar-refractivity contribution is 5.40. The van der Waals surface area contributed by atoms with Crippen molar-refractivity contribution < 1.29 is 4.74 Å². The Labute approximate surface area is 103 Å². The van der Waals surface area contributed by atoms with Gasteiger partial charge in [0.1, 0.15) is 11.6 Å². The Hall–Kier alpha value is -1.16. The van der Waals surface area contributed by atoms with E-state index in [0.717, 1.165) is 36.8 Å². The molecule has 1 aliphatic rings. The average Bonchev–Trinajstić information content (AvgIpc) is 2.58. The van der Waals surface area contributed by atoms with Crippen LogP contribution in [0.4, 0.5) is 5.82 Å². The summed E-state index contributed by atoms with van der Waals surface area (Å²) < 4.78 is 5.62. The lowest BCUT2D eigenvalue weighted by Crippen LogP contribution is -2.41. The molecule has 2 heterocycles. The second-order valence-corrected chi connectivity index (χ2v) is 4.95. The van der Waals surface area contributed by atoms with E-state index in [9.17, 15) is 0 Å². The largest absolute Gasteiger partial charge is 0.376 e. The monoisotopic (exact) mass is 235 g/mol. The normalized spacial score (nSPS) is 28.4. The van der Waals surface area contributed by atoms with Crippen molar-refractivity contribution in [2.75, 3.05) is 11.9 Å². The van der Waals surface area contributed by atoms with Gasteiger partial charge in [0.15, 0.2) is 0 Å². The Morgan fingerprint density at radius 2 is 2.29 bits per heavy atom. The first-order valence-corrected chi connectivity index (χ1v) is 6.28. The molecule has 0 spiro atoms. The lowest BCUT2D eigenvalue weighted by Gasteiger charge is -2.29. The second-order valence-electron chi connectivity index (χ2n) is 4.95. The van der Waals surface area contributed by atoms with Crippen molar-refractivity contribution in [2.24, 2.45) is 0 Å². The van der Waals surface area contributed by atoms with Crippen molar-refractivity contribution in [1.29, 1.82) is 0 Å². The molecule has 0 aromatic carbocycles. The first kappa shape index (κ1) is 12.3. The number of rotatable bonds is 3. The molecule has 1 N–H and O–H groups in total. The first-order chi connectivity index (χ1) is 8.03. The molecular formula is C13H21N3O. The molecule has 1 aliphatic heterocycles. The Balaban J connectivity index is 2.20. The number of hydrogen-bond donors (Lipinski definition) is 1. The topological polar surface area (TPSA) is 47.0 Å².